The Kier molecular flexibility index (Phi) is 4.98. The number of anilines is 1. The molecule has 108 valence electrons. The summed E-state index contributed by atoms with van der Waals surface area (Å²) < 4.78 is 15.5. The number of halogens is 2. The highest BCUT2D eigenvalue weighted by atomic mass is 35.5. The third-order valence-corrected chi connectivity index (χ3v) is 3.14. The van der Waals surface area contributed by atoms with Gasteiger partial charge < -0.3 is 10.2 Å². The average Bonchev–Trinajstić information content (AvgIpc) is 2.83. The minimum atomic E-state index is -0.301. The first-order valence-corrected chi connectivity index (χ1v) is 6.77. The summed E-state index contributed by atoms with van der Waals surface area (Å²) in [5.41, 5.74) is 1.45. The maximum atomic E-state index is 13.6. The molecule has 0 fully saturated rings. The Labute approximate surface area is 123 Å². The van der Waals surface area contributed by atoms with Gasteiger partial charge in [-0.25, -0.2) is 4.39 Å². The van der Waals surface area contributed by atoms with E-state index in [1.807, 2.05) is 25.0 Å². The topological polar surface area (TPSA) is 33.1 Å². The highest BCUT2D eigenvalue weighted by Crippen LogP contribution is 2.16. The zero-order chi connectivity index (χ0) is 14.5. The van der Waals surface area contributed by atoms with Crippen LogP contribution in [-0.4, -0.2) is 35.3 Å². The molecular formula is C14H18ClFN4. The number of rotatable bonds is 6. The average molecular weight is 297 g/mol. The zero-order valence-corrected chi connectivity index (χ0v) is 12.4. The molecule has 2 aromatic rings. The van der Waals surface area contributed by atoms with Crippen molar-refractivity contribution in [3.8, 4) is 0 Å². The first kappa shape index (κ1) is 14.8. The number of hydrogen-bond donors (Lipinski definition) is 1. The summed E-state index contributed by atoms with van der Waals surface area (Å²) in [6.45, 7) is 2.15. The SMILES string of the molecule is CN(C)CCn1cc(NCc2ccc(Cl)cc2F)cn1. The summed E-state index contributed by atoms with van der Waals surface area (Å²) in [6.07, 6.45) is 3.65. The third kappa shape index (κ3) is 4.21. The van der Waals surface area contributed by atoms with Crippen molar-refractivity contribution < 1.29 is 4.39 Å². The van der Waals surface area contributed by atoms with E-state index < -0.39 is 0 Å². The van der Waals surface area contributed by atoms with Crippen LogP contribution in [0.25, 0.3) is 0 Å². The Hall–Kier alpha value is -1.59. The molecule has 1 aromatic heterocycles. The second-order valence-corrected chi connectivity index (χ2v) is 5.32. The molecule has 0 radical (unpaired) electrons. The van der Waals surface area contributed by atoms with Gasteiger partial charge in [0.2, 0.25) is 0 Å². The number of likely N-dealkylation sites (N-methyl/N-ethyl adjacent to an activating group) is 1. The van der Waals surface area contributed by atoms with Gasteiger partial charge in [-0.1, -0.05) is 17.7 Å². The molecule has 1 aromatic carbocycles. The largest absolute Gasteiger partial charge is 0.378 e. The molecule has 0 saturated heterocycles. The van der Waals surface area contributed by atoms with Crippen molar-refractivity contribution in [3.63, 3.8) is 0 Å². The van der Waals surface area contributed by atoms with Crippen molar-refractivity contribution in [2.75, 3.05) is 26.0 Å². The molecule has 0 atom stereocenters. The maximum Gasteiger partial charge on any atom is 0.129 e. The number of nitrogens with one attached hydrogen (secondary N) is 1. The molecular weight excluding hydrogens is 279 g/mol. The standard InChI is InChI=1S/C14H18ClFN4/c1-19(2)5-6-20-10-13(9-18-20)17-8-11-3-4-12(15)7-14(11)16/h3-4,7,9-10,17H,5-6,8H2,1-2H3. The first-order valence-electron chi connectivity index (χ1n) is 6.39. The molecule has 2 rings (SSSR count). The monoisotopic (exact) mass is 296 g/mol. The van der Waals surface area contributed by atoms with Crippen LogP contribution in [0.4, 0.5) is 10.1 Å². The van der Waals surface area contributed by atoms with Gasteiger partial charge in [-0.2, -0.15) is 5.10 Å². The Morgan fingerprint density at radius 2 is 2.20 bits per heavy atom. The molecule has 0 aliphatic heterocycles. The number of benzene rings is 1. The third-order valence-electron chi connectivity index (χ3n) is 2.91. The first-order chi connectivity index (χ1) is 9.54. The molecule has 0 aliphatic rings. The van der Waals surface area contributed by atoms with Crippen LogP contribution in [0.2, 0.25) is 5.02 Å². The van der Waals surface area contributed by atoms with Crippen LogP contribution in [0.15, 0.2) is 30.6 Å². The molecule has 1 heterocycles. The molecule has 4 nitrogen and oxygen atoms in total. The van der Waals surface area contributed by atoms with E-state index in [2.05, 4.69) is 15.3 Å². The molecule has 1 N–H and O–H groups in total. The second-order valence-electron chi connectivity index (χ2n) is 4.88. The normalized spacial score (nSPS) is 11.1. The number of nitrogens with zero attached hydrogens (tertiary/aromatic N) is 3. The predicted octanol–water partition coefficient (Wildman–Crippen LogP) is 2.85. The van der Waals surface area contributed by atoms with E-state index in [1.165, 1.54) is 6.07 Å². The highest BCUT2D eigenvalue weighted by Gasteiger charge is 2.04. The van der Waals surface area contributed by atoms with Gasteiger partial charge in [-0.3, -0.25) is 4.68 Å². The van der Waals surface area contributed by atoms with E-state index >= 15 is 0 Å². The molecule has 0 unspecified atom stereocenters. The lowest BCUT2D eigenvalue weighted by molar-refractivity contribution is 0.373. The predicted molar refractivity (Wildman–Crippen MR) is 79.5 cm³/mol. The Morgan fingerprint density at radius 3 is 2.90 bits per heavy atom. The lowest BCUT2D eigenvalue weighted by Gasteiger charge is -2.08. The van der Waals surface area contributed by atoms with E-state index in [0.29, 0.717) is 17.1 Å². The summed E-state index contributed by atoms with van der Waals surface area (Å²) in [4.78, 5) is 2.10. The quantitative estimate of drug-likeness (QED) is 0.890. The minimum Gasteiger partial charge on any atom is -0.378 e. The molecule has 6 heteroatoms. The van der Waals surface area contributed by atoms with Crippen LogP contribution < -0.4 is 5.32 Å². The summed E-state index contributed by atoms with van der Waals surface area (Å²) in [5, 5.41) is 7.80. The van der Waals surface area contributed by atoms with Gasteiger partial charge in [0, 0.05) is 29.9 Å². The fourth-order valence-electron chi connectivity index (χ4n) is 1.74. The zero-order valence-electron chi connectivity index (χ0n) is 11.6. The van der Waals surface area contributed by atoms with Crippen molar-refractivity contribution >= 4 is 17.3 Å². The van der Waals surface area contributed by atoms with Crippen molar-refractivity contribution in [1.29, 1.82) is 0 Å². The van der Waals surface area contributed by atoms with E-state index in [9.17, 15) is 4.39 Å². The van der Waals surface area contributed by atoms with Crippen LogP contribution in [0.3, 0.4) is 0 Å². The van der Waals surface area contributed by atoms with Crippen LogP contribution in [0.1, 0.15) is 5.56 Å². The summed E-state index contributed by atoms with van der Waals surface area (Å²) in [6, 6.07) is 4.68. The van der Waals surface area contributed by atoms with Gasteiger partial charge in [-0.05, 0) is 26.2 Å². The molecule has 0 aliphatic carbocycles. The van der Waals surface area contributed by atoms with Crippen LogP contribution in [0, 0.1) is 5.82 Å². The minimum absolute atomic E-state index is 0.301. The number of aromatic nitrogens is 2. The fraction of sp³-hybridized carbons (Fsp3) is 0.357. The van der Waals surface area contributed by atoms with Crippen LogP contribution in [-0.2, 0) is 13.1 Å². The molecule has 20 heavy (non-hydrogen) atoms. The van der Waals surface area contributed by atoms with Crippen molar-refractivity contribution in [2.24, 2.45) is 0 Å². The molecule has 0 spiro atoms. The van der Waals surface area contributed by atoms with Gasteiger partial charge >= 0.3 is 0 Å². The van der Waals surface area contributed by atoms with E-state index in [1.54, 1.807) is 18.3 Å². The van der Waals surface area contributed by atoms with Gasteiger partial charge in [0.1, 0.15) is 5.82 Å². The summed E-state index contributed by atoms with van der Waals surface area (Å²) in [5.74, 6) is -0.301. The van der Waals surface area contributed by atoms with E-state index in [-0.39, 0.29) is 5.82 Å². The van der Waals surface area contributed by atoms with E-state index in [0.717, 1.165) is 18.8 Å². The molecule has 0 saturated carbocycles. The Bertz CT molecular complexity index is 568. The fourth-order valence-corrected chi connectivity index (χ4v) is 1.90. The van der Waals surface area contributed by atoms with Crippen LogP contribution >= 0.6 is 11.6 Å². The Morgan fingerprint density at radius 1 is 1.40 bits per heavy atom. The van der Waals surface area contributed by atoms with Crippen molar-refractivity contribution in [3.05, 3.63) is 47.0 Å². The summed E-state index contributed by atoms with van der Waals surface area (Å²) in [7, 11) is 4.04. The lowest BCUT2D eigenvalue weighted by Crippen LogP contribution is -2.18. The highest BCUT2D eigenvalue weighted by molar-refractivity contribution is 6.30. The maximum absolute atomic E-state index is 13.6. The smallest absolute Gasteiger partial charge is 0.129 e. The molecule has 0 amide bonds. The van der Waals surface area contributed by atoms with Gasteiger partial charge in [-0.15, -0.1) is 0 Å². The van der Waals surface area contributed by atoms with Gasteiger partial charge in [0.05, 0.1) is 18.4 Å². The second kappa shape index (κ2) is 6.72. The van der Waals surface area contributed by atoms with Gasteiger partial charge in [0.25, 0.3) is 0 Å². The Balaban J connectivity index is 1.90. The van der Waals surface area contributed by atoms with Crippen molar-refractivity contribution in [2.45, 2.75) is 13.1 Å². The van der Waals surface area contributed by atoms with Crippen molar-refractivity contribution in [1.82, 2.24) is 14.7 Å². The molecule has 0 bridgehead atoms. The van der Waals surface area contributed by atoms with E-state index in [4.69, 9.17) is 11.6 Å². The number of hydrogen-bond acceptors (Lipinski definition) is 3. The van der Waals surface area contributed by atoms with Crippen LogP contribution in [0.5, 0.6) is 0 Å². The lowest BCUT2D eigenvalue weighted by atomic mass is 10.2. The summed E-state index contributed by atoms with van der Waals surface area (Å²) >= 11 is 5.72. The van der Waals surface area contributed by atoms with Gasteiger partial charge in [0.15, 0.2) is 0 Å².